The van der Waals surface area contributed by atoms with Gasteiger partial charge in [0.25, 0.3) is 0 Å². The lowest BCUT2D eigenvalue weighted by atomic mass is 10.1. The van der Waals surface area contributed by atoms with Crippen LogP contribution in [0.4, 0.5) is 4.39 Å². The van der Waals surface area contributed by atoms with Crippen molar-refractivity contribution in [2.45, 2.75) is 17.4 Å². The average molecular weight is 393 g/mol. The van der Waals surface area contributed by atoms with Gasteiger partial charge in [0.05, 0.1) is 14.2 Å². The van der Waals surface area contributed by atoms with Gasteiger partial charge >= 0.3 is 5.97 Å². The van der Waals surface area contributed by atoms with E-state index in [1.54, 1.807) is 7.11 Å². The van der Waals surface area contributed by atoms with Crippen LogP contribution in [-0.4, -0.2) is 37.0 Å². The van der Waals surface area contributed by atoms with E-state index in [9.17, 15) is 19.1 Å². The number of thioether (sulfide) groups is 1. The molecule has 144 valence electrons. The Bertz CT molecular complexity index is 797. The number of carboxylic acid groups (broad SMARTS) is 1. The first-order valence-corrected chi connectivity index (χ1v) is 9.05. The fraction of sp³-hybridized carbons (Fsp3) is 0.263. The van der Waals surface area contributed by atoms with Crippen LogP contribution >= 0.6 is 11.8 Å². The molecule has 0 saturated carbocycles. The lowest BCUT2D eigenvalue weighted by Gasteiger charge is -2.15. The maximum absolute atomic E-state index is 13.8. The van der Waals surface area contributed by atoms with E-state index in [-0.39, 0.29) is 17.7 Å². The van der Waals surface area contributed by atoms with Gasteiger partial charge in [0.1, 0.15) is 5.75 Å². The predicted molar refractivity (Wildman–Crippen MR) is 99.8 cm³/mol. The summed E-state index contributed by atoms with van der Waals surface area (Å²) in [6.45, 7) is 0. The first-order chi connectivity index (χ1) is 12.9. The Labute approximate surface area is 160 Å². The smallest absolute Gasteiger partial charge is 0.330 e. The van der Waals surface area contributed by atoms with E-state index in [2.05, 4.69) is 5.32 Å². The van der Waals surface area contributed by atoms with Crippen molar-refractivity contribution >= 4 is 23.6 Å². The zero-order chi connectivity index (χ0) is 19.8. The van der Waals surface area contributed by atoms with Crippen LogP contribution in [0.2, 0.25) is 0 Å². The van der Waals surface area contributed by atoms with Gasteiger partial charge < -0.3 is 19.9 Å². The fourth-order valence-electron chi connectivity index (χ4n) is 2.32. The molecule has 2 rings (SSSR count). The lowest BCUT2D eigenvalue weighted by Crippen LogP contribution is -2.34. The number of benzene rings is 2. The number of carbonyl (C=O) groups excluding carboxylic acids is 1. The molecule has 0 saturated heterocycles. The van der Waals surface area contributed by atoms with Gasteiger partial charge in [0.15, 0.2) is 17.6 Å². The summed E-state index contributed by atoms with van der Waals surface area (Å²) in [7, 11) is 2.90. The van der Waals surface area contributed by atoms with Crippen molar-refractivity contribution in [2.24, 2.45) is 0 Å². The number of aliphatic carboxylic acids is 1. The maximum Gasteiger partial charge on any atom is 0.330 e. The third-order valence-corrected chi connectivity index (χ3v) is 4.73. The summed E-state index contributed by atoms with van der Waals surface area (Å²) < 4.78 is 23.7. The first kappa shape index (κ1) is 20.6. The van der Waals surface area contributed by atoms with Crippen molar-refractivity contribution < 1.29 is 28.6 Å². The van der Waals surface area contributed by atoms with Crippen LogP contribution in [0, 0.1) is 5.82 Å². The van der Waals surface area contributed by atoms with Crippen molar-refractivity contribution in [3.8, 4) is 11.5 Å². The molecule has 6 nitrogen and oxygen atoms in total. The van der Waals surface area contributed by atoms with E-state index >= 15 is 0 Å². The Hall–Kier alpha value is -2.74. The average Bonchev–Trinajstić information content (AvgIpc) is 2.66. The number of amides is 1. The van der Waals surface area contributed by atoms with Crippen LogP contribution < -0.4 is 14.8 Å². The highest BCUT2D eigenvalue weighted by Crippen LogP contribution is 2.24. The highest BCUT2D eigenvalue weighted by molar-refractivity contribution is 7.99. The minimum absolute atomic E-state index is 0.00473. The molecule has 0 heterocycles. The topological polar surface area (TPSA) is 84.9 Å². The molecule has 2 N–H and O–H groups in total. The van der Waals surface area contributed by atoms with E-state index in [1.165, 1.54) is 31.0 Å². The summed E-state index contributed by atoms with van der Waals surface area (Å²) in [5.74, 6) is -1.17. The summed E-state index contributed by atoms with van der Waals surface area (Å²) in [6.07, 6.45) is 0.124. The Morgan fingerprint density at radius 1 is 1.15 bits per heavy atom. The van der Waals surface area contributed by atoms with Gasteiger partial charge in [0.2, 0.25) is 5.91 Å². The Kier molecular flexibility index (Phi) is 7.48. The minimum atomic E-state index is -1.33. The summed E-state index contributed by atoms with van der Waals surface area (Å²) >= 11 is 1.47. The summed E-state index contributed by atoms with van der Waals surface area (Å²) in [5.41, 5.74) is 0.136. The zero-order valence-corrected chi connectivity index (χ0v) is 15.7. The number of nitrogens with one attached hydrogen (secondary N) is 1. The van der Waals surface area contributed by atoms with Crippen LogP contribution in [0.1, 0.15) is 18.0 Å². The number of hydrogen-bond acceptors (Lipinski definition) is 5. The molecule has 1 atom stereocenters. The molecule has 1 unspecified atom stereocenters. The largest absolute Gasteiger partial charge is 0.497 e. The Morgan fingerprint density at radius 3 is 2.41 bits per heavy atom. The van der Waals surface area contributed by atoms with Gasteiger partial charge in [-0.1, -0.05) is 6.07 Å². The van der Waals surface area contributed by atoms with Crippen LogP contribution in [0.25, 0.3) is 0 Å². The molecule has 8 heteroatoms. The molecule has 0 aliphatic rings. The lowest BCUT2D eigenvalue weighted by molar-refractivity contribution is -0.142. The Morgan fingerprint density at radius 2 is 1.85 bits per heavy atom. The third kappa shape index (κ3) is 5.89. The Balaban J connectivity index is 1.92. The van der Waals surface area contributed by atoms with Crippen LogP contribution in [0.5, 0.6) is 11.5 Å². The van der Waals surface area contributed by atoms with E-state index in [4.69, 9.17) is 9.47 Å². The molecule has 0 bridgehead atoms. The van der Waals surface area contributed by atoms with Gasteiger partial charge in [-0.05, 0) is 42.0 Å². The fourth-order valence-corrected chi connectivity index (χ4v) is 3.17. The van der Waals surface area contributed by atoms with Crippen LogP contribution in [0.15, 0.2) is 47.4 Å². The number of carbonyl (C=O) groups is 2. The van der Waals surface area contributed by atoms with Gasteiger partial charge in [-0.2, -0.15) is 0 Å². The van der Waals surface area contributed by atoms with Crippen molar-refractivity contribution in [1.29, 1.82) is 0 Å². The summed E-state index contributed by atoms with van der Waals surface area (Å²) in [6, 6.07) is 9.85. The molecular weight excluding hydrogens is 373 g/mol. The normalized spacial score (nSPS) is 11.5. The van der Waals surface area contributed by atoms with Crippen molar-refractivity contribution in [2.75, 3.05) is 20.0 Å². The van der Waals surface area contributed by atoms with Gasteiger partial charge in [-0.3, -0.25) is 4.79 Å². The molecule has 0 aliphatic heterocycles. The molecule has 0 aromatic heterocycles. The number of methoxy groups -OCH3 is 2. The number of rotatable bonds is 9. The van der Waals surface area contributed by atoms with Gasteiger partial charge in [-0.25, -0.2) is 9.18 Å². The zero-order valence-electron chi connectivity index (χ0n) is 14.9. The van der Waals surface area contributed by atoms with Gasteiger partial charge in [0, 0.05) is 17.1 Å². The highest BCUT2D eigenvalue weighted by atomic mass is 32.2. The predicted octanol–water partition coefficient (Wildman–Crippen LogP) is 3.27. The van der Waals surface area contributed by atoms with Crippen LogP contribution in [-0.2, 0) is 9.59 Å². The number of carboxylic acids is 1. The van der Waals surface area contributed by atoms with Gasteiger partial charge in [-0.15, -0.1) is 11.8 Å². The number of hydrogen-bond donors (Lipinski definition) is 2. The van der Waals surface area contributed by atoms with Crippen LogP contribution in [0.3, 0.4) is 0 Å². The monoisotopic (exact) mass is 393 g/mol. The second-order valence-corrected chi connectivity index (χ2v) is 6.68. The first-order valence-electron chi connectivity index (χ1n) is 8.07. The van der Waals surface area contributed by atoms with E-state index in [0.29, 0.717) is 5.75 Å². The summed E-state index contributed by atoms with van der Waals surface area (Å²) in [4.78, 5) is 24.5. The number of halogens is 1. The molecule has 27 heavy (non-hydrogen) atoms. The molecule has 0 fully saturated rings. The molecule has 2 aromatic carbocycles. The minimum Gasteiger partial charge on any atom is -0.497 e. The molecule has 1 amide bonds. The highest BCUT2D eigenvalue weighted by Gasteiger charge is 2.23. The van der Waals surface area contributed by atoms with E-state index in [1.807, 2.05) is 24.3 Å². The SMILES string of the molecule is COc1ccc(SCCC(=O)NC(C(=O)O)c2ccc(OC)c(F)c2)cc1. The standard InChI is InChI=1S/C19H20FNO5S/c1-25-13-4-6-14(7-5-13)27-10-9-17(22)21-18(19(23)24)12-3-8-16(26-2)15(20)11-12/h3-8,11,18H,9-10H2,1-2H3,(H,21,22)(H,23,24). The van der Waals surface area contributed by atoms with Crippen molar-refractivity contribution in [1.82, 2.24) is 5.32 Å². The third-order valence-electron chi connectivity index (χ3n) is 3.72. The molecule has 0 aliphatic carbocycles. The van der Waals surface area contributed by atoms with Crippen molar-refractivity contribution in [3.05, 3.63) is 53.8 Å². The van der Waals surface area contributed by atoms with E-state index in [0.717, 1.165) is 16.7 Å². The molecule has 0 spiro atoms. The molecule has 2 aromatic rings. The second-order valence-electron chi connectivity index (χ2n) is 5.51. The maximum atomic E-state index is 13.8. The quantitative estimate of drug-likeness (QED) is 0.636. The number of ether oxygens (including phenoxy) is 2. The molecular formula is C19H20FNO5S. The second kappa shape index (κ2) is 9.82. The summed E-state index contributed by atoms with van der Waals surface area (Å²) in [5, 5.41) is 11.8. The van der Waals surface area contributed by atoms with E-state index < -0.39 is 23.7 Å². The molecule has 0 radical (unpaired) electrons. The van der Waals surface area contributed by atoms with Crippen molar-refractivity contribution in [3.63, 3.8) is 0 Å².